The van der Waals surface area contributed by atoms with Gasteiger partial charge >= 0.3 is 0 Å². The number of carbonyl (C=O) groups is 1. The molecule has 0 bridgehead atoms. The summed E-state index contributed by atoms with van der Waals surface area (Å²) in [7, 11) is 0. The Morgan fingerprint density at radius 3 is 2.40 bits per heavy atom. The van der Waals surface area contributed by atoms with Crippen LogP contribution in [0.2, 0.25) is 5.02 Å². The van der Waals surface area contributed by atoms with E-state index in [9.17, 15) is 4.79 Å². The molecule has 0 saturated carbocycles. The highest BCUT2D eigenvalue weighted by atomic mass is 35.5. The van der Waals surface area contributed by atoms with Crippen LogP contribution in [0.1, 0.15) is 36.2 Å². The van der Waals surface area contributed by atoms with E-state index in [0.717, 1.165) is 42.5 Å². The molecular formula is C23H25ClN4OS. The summed E-state index contributed by atoms with van der Waals surface area (Å²) >= 11 is 7.52. The van der Waals surface area contributed by atoms with Gasteiger partial charge in [0, 0.05) is 24.5 Å². The van der Waals surface area contributed by atoms with Gasteiger partial charge in [-0.2, -0.15) is 0 Å². The van der Waals surface area contributed by atoms with E-state index in [1.165, 1.54) is 23.7 Å². The topological polar surface area (TPSA) is 51.0 Å². The second-order valence-electron chi connectivity index (χ2n) is 7.50. The lowest BCUT2D eigenvalue weighted by molar-refractivity contribution is -0.129. The number of carbonyl (C=O) groups excluding carboxylic acids is 1. The first-order valence-corrected chi connectivity index (χ1v) is 11.7. The van der Waals surface area contributed by atoms with Gasteiger partial charge in [-0.15, -0.1) is 10.2 Å². The minimum absolute atomic E-state index is 0.186. The van der Waals surface area contributed by atoms with Gasteiger partial charge in [0.1, 0.15) is 5.82 Å². The Balaban J connectivity index is 1.52. The number of amides is 1. The van der Waals surface area contributed by atoms with E-state index >= 15 is 0 Å². The van der Waals surface area contributed by atoms with Crippen molar-refractivity contribution in [3.8, 4) is 0 Å². The van der Waals surface area contributed by atoms with Crippen LogP contribution in [0, 0.1) is 0 Å². The van der Waals surface area contributed by atoms with Gasteiger partial charge in [-0.1, -0.05) is 65.8 Å². The van der Waals surface area contributed by atoms with Gasteiger partial charge in [-0.05, 0) is 42.5 Å². The van der Waals surface area contributed by atoms with Gasteiger partial charge in [0.25, 0.3) is 0 Å². The van der Waals surface area contributed by atoms with E-state index in [2.05, 4.69) is 26.9 Å². The zero-order chi connectivity index (χ0) is 20.8. The Kier molecular flexibility index (Phi) is 7.07. The first-order valence-electron chi connectivity index (χ1n) is 10.3. The Morgan fingerprint density at radius 1 is 0.933 bits per heavy atom. The van der Waals surface area contributed by atoms with Crippen LogP contribution < -0.4 is 0 Å². The predicted octanol–water partition coefficient (Wildman–Crippen LogP) is 4.68. The molecule has 3 aromatic rings. The summed E-state index contributed by atoms with van der Waals surface area (Å²) in [6.07, 6.45) is 4.12. The molecule has 0 atom stereocenters. The molecule has 1 aromatic heterocycles. The Hall–Kier alpha value is -2.31. The van der Waals surface area contributed by atoms with Crippen molar-refractivity contribution in [3.63, 3.8) is 0 Å². The molecule has 5 nitrogen and oxygen atoms in total. The molecule has 30 heavy (non-hydrogen) atoms. The Bertz CT molecular complexity index is 969. The molecule has 0 radical (unpaired) electrons. The molecular weight excluding hydrogens is 416 g/mol. The average molecular weight is 441 g/mol. The van der Waals surface area contributed by atoms with Crippen LogP contribution in [0.15, 0.2) is 59.8 Å². The van der Waals surface area contributed by atoms with Gasteiger partial charge in [-0.25, -0.2) is 0 Å². The van der Waals surface area contributed by atoms with Crippen molar-refractivity contribution >= 4 is 29.3 Å². The maximum absolute atomic E-state index is 12.6. The molecule has 4 rings (SSSR count). The fraction of sp³-hybridized carbons (Fsp3) is 0.348. The quantitative estimate of drug-likeness (QED) is 0.501. The number of nitrogens with zero attached hydrogens (tertiary/aromatic N) is 4. The highest BCUT2D eigenvalue weighted by molar-refractivity contribution is 7.99. The van der Waals surface area contributed by atoms with Gasteiger partial charge in [0.2, 0.25) is 5.91 Å². The SMILES string of the molecule is O=C(CSc1nnc(Cc2ccccc2)n1Cc1ccc(Cl)cc1)N1CCCCC1. The molecule has 2 aromatic carbocycles. The molecule has 1 fully saturated rings. The van der Waals surface area contributed by atoms with Crippen molar-refractivity contribution in [2.45, 2.75) is 37.4 Å². The van der Waals surface area contributed by atoms with Crippen molar-refractivity contribution < 1.29 is 4.79 Å². The largest absolute Gasteiger partial charge is 0.342 e. The van der Waals surface area contributed by atoms with E-state index in [1.807, 2.05) is 47.4 Å². The fourth-order valence-corrected chi connectivity index (χ4v) is 4.61. The van der Waals surface area contributed by atoms with Gasteiger partial charge in [0.05, 0.1) is 12.3 Å². The molecule has 0 aliphatic carbocycles. The summed E-state index contributed by atoms with van der Waals surface area (Å²) in [6, 6.07) is 18.1. The normalized spacial score (nSPS) is 14.1. The van der Waals surface area contributed by atoms with Crippen LogP contribution in [-0.2, 0) is 17.8 Å². The van der Waals surface area contributed by atoms with Crippen LogP contribution in [-0.4, -0.2) is 44.4 Å². The van der Waals surface area contributed by atoms with Crippen molar-refractivity contribution in [2.24, 2.45) is 0 Å². The number of halogens is 1. The lowest BCUT2D eigenvalue weighted by Crippen LogP contribution is -2.36. The first kappa shape index (κ1) is 20.9. The predicted molar refractivity (Wildman–Crippen MR) is 121 cm³/mol. The number of benzene rings is 2. The lowest BCUT2D eigenvalue weighted by Gasteiger charge is -2.26. The summed E-state index contributed by atoms with van der Waals surface area (Å²) in [6.45, 7) is 2.39. The van der Waals surface area contributed by atoms with Crippen molar-refractivity contribution in [1.82, 2.24) is 19.7 Å². The summed E-state index contributed by atoms with van der Waals surface area (Å²) < 4.78 is 2.12. The van der Waals surface area contributed by atoms with E-state index < -0.39 is 0 Å². The van der Waals surface area contributed by atoms with Crippen LogP contribution in [0.4, 0.5) is 0 Å². The Morgan fingerprint density at radius 2 is 1.67 bits per heavy atom. The number of thioether (sulfide) groups is 1. The maximum atomic E-state index is 12.6. The third-order valence-corrected chi connectivity index (χ3v) is 6.49. The number of rotatable bonds is 7. The van der Waals surface area contributed by atoms with Crippen molar-refractivity contribution in [1.29, 1.82) is 0 Å². The molecule has 0 N–H and O–H groups in total. The third-order valence-electron chi connectivity index (χ3n) is 5.29. The first-order chi connectivity index (χ1) is 14.7. The average Bonchev–Trinajstić information content (AvgIpc) is 3.16. The lowest BCUT2D eigenvalue weighted by atomic mass is 10.1. The van der Waals surface area contributed by atoms with Crippen LogP contribution in [0.25, 0.3) is 0 Å². The minimum Gasteiger partial charge on any atom is -0.342 e. The van der Waals surface area contributed by atoms with Crippen molar-refractivity contribution in [2.75, 3.05) is 18.8 Å². The Labute approximate surface area is 186 Å². The minimum atomic E-state index is 0.186. The van der Waals surface area contributed by atoms with Gasteiger partial charge in [-0.3, -0.25) is 4.79 Å². The number of piperidine rings is 1. The number of hydrogen-bond acceptors (Lipinski definition) is 4. The molecule has 1 aliphatic heterocycles. The molecule has 0 unspecified atom stereocenters. The summed E-state index contributed by atoms with van der Waals surface area (Å²) in [5.74, 6) is 1.47. The van der Waals surface area contributed by atoms with Crippen LogP contribution >= 0.6 is 23.4 Å². The van der Waals surface area contributed by atoms with E-state index in [1.54, 1.807) is 0 Å². The zero-order valence-corrected chi connectivity index (χ0v) is 18.4. The standard InChI is InChI=1S/C23H25ClN4OS/c24-20-11-9-19(10-12-20)16-28-21(15-18-7-3-1-4-8-18)25-26-23(28)30-17-22(29)27-13-5-2-6-14-27/h1,3-4,7-12H,2,5-6,13-17H2. The summed E-state index contributed by atoms with van der Waals surface area (Å²) in [5.41, 5.74) is 2.31. The smallest absolute Gasteiger partial charge is 0.233 e. The monoisotopic (exact) mass is 440 g/mol. The van der Waals surface area contributed by atoms with Gasteiger partial charge < -0.3 is 9.47 Å². The molecule has 156 valence electrons. The number of hydrogen-bond donors (Lipinski definition) is 0. The highest BCUT2D eigenvalue weighted by Gasteiger charge is 2.19. The van der Waals surface area contributed by atoms with Crippen LogP contribution in [0.5, 0.6) is 0 Å². The third kappa shape index (κ3) is 5.43. The molecule has 2 heterocycles. The highest BCUT2D eigenvalue weighted by Crippen LogP contribution is 2.22. The molecule has 7 heteroatoms. The second-order valence-corrected chi connectivity index (χ2v) is 8.88. The number of aromatic nitrogens is 3. The van der Waals surface area contributed by atoms with E-state index in [4.69, 9.17) is 11.6 Å². The fourth-order valence-electron chi connectivity index (χ4n) is 3.63. The van der Waals surface area contributed by atoms with E-state index in [0.29, 0.717) is 23.7 Å². The summed E-state index contributed by atoms with van der Waals surface area (Å²) in [4.78, 5) is 14.6. The molecule has 1 saturated heterocycles. The summed E-state index contributed by atoms with van der Waals surface area (Å²) in [5, 5.41) is 10.4. The zero-order valence-electron chi connectivity index (χ0n) is 16.8. The maximum Gasteiger partial charge on any atom is 0.233 e. The van der Waals surface area contributed by atoms with E-state index in [-0.39, 0.29) is 5.91 Å². The molecule has 0 spiro atoms. The number of likely N-dealkylation sites (tertiary alicyclic amines) is 1. The second kappa shape index (κ2) is 10.1. The molecule has 1 aliphatic rings. The van der Waals surface area contributed by atoms with Crippen molar-refractivity contribution in [3.05, 3.63) is 76.6 Å². The van der Waals surface area contributed by atoms with Gasteiger partial charge in [0.15, 0.2) is 5.16 Å². The van der Waals surface area contributed by atoms with Crippen LogP contribution in [0.3, 0.4) is 0 Å². The molecule has 1 amide bonds.